The number of ketones is 1. The predicted octanol–water partition coefficient (Wildman–Crippen LogP) is 6.10. The molecule has 2 aliphatic rings. The van der Waals surface area contributed by atoms with Crippen molar-refractivity contribution in [3.63, 3.8) is 0 Å². The molecular weight excluding hydrogens is 516 g/mol. The summed E-state index contributed by atoms with van der Waals surface area (Å²) in [6, 6.07) is 14.4. The molecule has 0 radical (unpaired) electrons. The van der Waals surface area contributed by atoms with Crippen molar-refractivity contribution in [1.82, 2.24) is 10.2 Å². The summed E-state index contributed by atoms with van der Waals surface area (Å²) in [6.07, 6.45) is 11.3. The van der Waals surface area contributed by atoms with Gasteiger partial charge in [-0.15, -0.1) is 0 Å². The number of carbonyl (C=O) groups excluding carboxylic acids is 2. The Morgan fingerprint density at radius 3 is 2.24 bits per heavy atom. The molecule has 41 heavy (non-hydrogen) atoms. The molecule has 2 N–H and O–H groups in total. The Morgan fingerprint density at radius 1 is 0.902 bits per heavy atom. The first kappa shape index (κ1) is 31.0. The summed E-state index contributed by atoms with van der Waals surface area (Å²) in [7, 11) is 1.60. The number of nitrogens with one attached hydrogen (secondary N) is 1. The van der Waals surface area contributed by atoms with Crippen molar-refractivity contribution in [3.05, 3.63) is 59.7 Å². The van der Waals surface area contributed by atoms with E-state index in [-0.39, 0.29) is 11.7 Å². The van der Waals surface area contributed by atoms with Gasteiger partial charge in [0.2, 0.25) is 5.91 Å². The molecule has 2 fully saturated rings. The van der Waals surface area contributed by atoms with Gasteiger partial charge >= 0.3 is 0 Å². The third-order valence-corrected chi connectivity index (χ3v) is 8.59. The van der Waals surface area contributed by atoms with Gasteiger partial charge in [-0.3, -0.25) is 9.59 Å². The first-order valence-corrected chi connectivity index (χ1v) is 15.6. The van der Waals surface area contributed by atoms with Crippen LogP contribution in [0.5, 0.6) is 11.5 Å². The standard InChI is InChI=1S/C34H48N2O5/c1-40-29-17-13-27(14-18-29)32(37)11-5-6-12-33(38)35-31(25-36-22-7-8-23-36)34(39)28-15-19-30(20-16-28)41-24-21-26-9-3-2-4-10-26/h13-20,26,31,34,39H,2-12,21-25H2,1H3,(H,35,38)/t31-,34-/m1/s1. The third-order valence-electron chi connectivity index (χ3n) is 8.59. The van der Waals surface area contributed by atoms with Gasteiger partial charge in [-0.2, -0.15) is 0 Å². The molecule has 1 aliphatic carbocycles. The number of hydrogen-bond acceptors (Lipinski definition) is 6. The predicted molar refractivity (Wildman–Crippen MR) is 161 cm³/mol. The second-order valence-corrected chi connectivity index (χ2v) is 11.7. The summed E-state index contributed by atoms with van der Waals surface area (Å²) in [5.41, 5.74) is 1.43. The monoisotopic (exact) mass is 564 g/mol. The van der Waals surface area contributed by atoms with Crippen LogP contribution in [0, 0.1) is 5.92 Å². The number of rotatable bonds is 16. The molecule has 1 heterocycles. The van der Waals surface area contributed by atoms with E-state index in [9.17, 15) is 14.7 Å². The smallest absolute Gasteiger partial charge is 0.220 e. The Morgan fingerprint density at radius 2 is 1.56 bits per heavy atom. The summed E-state index contributed by atoms with van der Waals surface area (Å²) in [4.78, 5) is 27.7. The number of nitrogens with zero attached hydrogens (tertiary/aromatic N) is 1. The zero-order valence-electron chi connectivity index (χ0n) is 24.7. The highest BCUT2D eigenvalue weighted by molar-refractivity contribution is 5.96. The number of carbonyl (C=O) groups is 2. The van der Waals surface area contributed by atoms with Gasteiger partial charge in [0, 0.05) is 24.9 Å². The van der Waals surface area contributed by atoms with Crippen LogP contribution < -0.4 is 14.8 Å². The van der Waals surface area contributed by atoms with Crippen LogP contribution >= 0.6 is 0 Å². The normalized spacial score (nSPS) is 17.6. The van der Waals surface area contributed by atoms with E-state index in [4.69, 9.17) is 9.47 Å². The molecular formula is C34H48N2O5. The molecule has 1 aliphatic heterocycles. The minimum absolute atomic E-state index is 0.0665. The molecule has 7 nitrogen and oxygen atoms in total. The van der Waals surface area contributed by atoms with E-state index in [2.05, 4.69) is 10.2 Å². The third kappa shape index (κ3) is 10.2. The van der Waals surface area contributed by atoms with E-state index in [0.29, 0.717) is 37.8 Å². The fourth-order valence-corrected chi connectivity index (χ4v) is 6.05. The quantitative estimate of drug-likeness (QED) is 0.189. The fraction of sp³-hybridized carbons (Fsp3) is 0.588. The topological polar surface area (TPSA) is 88.1 Å². The summed E-state index contributed by atoms with van der Waals surface area (Å²) < 4.78 is 11.1. The first-order valence-electron chi connectivity index (χ1n) is 15.6. The van der Waals surface area contributed by atoms with Gasteiger partial charge in [-0.05, 0) is 93.1 Å². The van der Waals surface area contributed by atoms with Crippen LogP contribution in [0.1, 0.15) is 99.1 Å². The van der Waals surface area contributed by atoms with E-state index in [0.717, 1.165) is 61.9 Å². The van der Waals surface area contributed by atoms with Gasteiger partial charge in [0.1, 0.15) is 17.6 Å². The molecule has 7 heteroatoms. The SMILES string of the molecule is COc1ccc(C(=O)CCCCC(=O)N[C@H](CN2CCCC2)[C@H](O)c2ccc(OCCC3CCCCC3)cc2)cc1. The van der Waals surface area contributed by atoms with Crippen molar-refractivity contribution >= 4 is 11.7 Å². The van der Waals surface area contributed by atoms with Crippen molar-refractivity contribution in [2.75, 3.05) is 33.4 Å². The van der Waals surface area contributed by atoms with Crippen molar-refractivity contribution in [2.45, 2.75) is 89.2 Å². The number of aliphatic hydroxyl groups is 1. The average molecular weight is 565 g/mol. The van der Waals surface area contributed by atoms with Crippen molar-refractivity contribution in [3.8, 4) is 11.5 Å². The number of benzene rings is 2. The van der Waals surface area contributed by atoms with Crippen LogP contribution in [0.3, 0.4) is 0 Å². The molecule has 2 aromatic carbocycles. The molecule has 4 rings (SSSR count). The van der Waals surface area contributed by atoms with Crippen LogP contribution in [0.2, 0.25) is 0 Å². The Kier molecular flexibility index (Phi) is 12.5. The van der Waals surface area contributed by atoms with Gasteiger partial charge in [0.25, 0.3) is 0 Å². The number of methoxy groups -OCH3 is 1. The van der Waals surface area contributed by atoms with Gasteiger partial charge in [-0.25, -0.2) is 0 Å². The first-order chi connectivity index (χ1) is 20.0. The summed E-state index contributed by atoms with van der Waals surface area (Å²) >= 11 is 0. The Hall–Kier alpha value is -2.90. The minimum atomic E-state index is -0.813. The van der Waals surface area contributed by atoms with Gasteiger partial charge in [0.05, 0.1) is 19.8 Å². The maximum atomic E-state index is 12.9. The van der Waals surface area contributed by atoms with Crippen LogP contribution in [-0.2, 0) is 4.79 Å². The highest BCUT2D eigenvalue weighted by Crippen LogP contribution is 2.27. The number of ether oxygens (including phenoxy) is 2. The number of Topliss-reactive ketones (excluding diaryl/α,β-unsaturated/α-hetero) is 1. The zero-order valence-corrected chi connectivity index (χ0v) is 24.7. The fourth-order valence-electron chi connectivity index (χ4n) is 6.05. The van der Waals surface area contributed by atoms with E-state index in [1.54, 1.807) is 31.4 Å². The average Bonchev–Trinajstić information content (AvgIpc) is 3.53. The van der Waals surface area contributed by atoms with Crippen LogP contribution in [0.4, 0.5) is 0 Å². The molecule has 1 saturated heterocycles. The number of unbranched alkanes of at least 4 members (excludes halogenated alkanes) is 1. The van der Waals surface area contributed by atoms with E-state index >= 15 is 0 Å². The maximum Gasteiger partial charge on any atom is 0.220 e. The van der Waals surface area contributed by atoms with Gasteiger partial charge < -0.3 is 24.8 Å². The summed E-state index contributed by atoms with van der Waals surface area (Å²) in [5.74, 6) is 2.30. The van der Waals surface area contributed by atoms with Crippen molar-refractivity contribution in [2.24, 2.45) is 5.92 Å². The number of amides is 1. The largest absolute Gasteiger partial charge is 0.497 e. The maximum absolute atomic E-state index is 12.9. The molecule has 0 aromatic heterocycles. The second kappa shape index (κ2) is 16.5. The van der Waals surface area contributed by atoms with E-state index in [1.807, 2.05) is 24.3 Å². The lowest BCUT2D eigenvalue weighted by molar-refractivity contribution is -0.123. The Balaban J connectivity index is 1.24. The number of likely N-dealkylation sites (tertiary alicyclic amines) is 1. The molecule has 0 unspecified atom stereocenters. The number of aliphatic hydroxyl groups excluding tert-OH is 1. The molecule has 2 aromatic rings. The summed E-state index contributed by atoms with van der Waals surface area (Å²) in [5, 5.41) is 14.4. The second-order valence-electron chi connectivity index (χ2n) is 11.7. The zero-order chi connectivity index (χ0) is 28.9. The molecule has 1 saturated carbocycles. The van der Waals surface area contributed by atoms with Crippen LogP contribution in [-0.4, -0.2) is 61.1 Å². The lowest BCUT2D eigenvalue weighted by Gasteiger charge is -2.29. The van der Waals surface area contributed by atoms with E-state index < -0.39 is 12.1 Å². The molecule has 0 spiro atoms. The van der Waals surface area contributed by atoms with E-state index in [1.165, 1.54) is 32.1 Å². The highest BCUT2D eigenvalue weighted by atomic mass is 16.5. The van der Waals surface area contributed by atoms with Crippen LogP contribution in [0.25, 0.3) is 0 Å². The Bertz CT molecular complexity index is 1060. The lowest BCUT2D eigenvalue weighted by atomic mass is 9.87. The van der Waals surface area contributed by atoms with Crippen molar-refractivity contribution < 1.29 is 24.2 Å². The molecule has 224 valence electrons. The molecule has 0 bridgehead atoms. The van der Waals surface area contributed by atoms with Gasteiger partial charge in [0.15, 0.2) is 5.78 Å². The number of hydrogen-bond donors (Lipinski definition) is 2. The van der Waals surface area contributed by atoms with Gasteiger partial charge in [-0.1, -0.05) is 44.2 Å². The highest BCUT2D eigenvalue weighted by Gasteiger charge is 2.26. The summed E-state index contributed by atoms with van der Waals surface area (Å²) in [6.45, 7) is 3.31. The minimum Gasteiger partial charge on any atom is -0.497 e. The molecule has 2 atom stereocenters. The van der Waals surface area contributed by atoms with Crippen LogP contribution in [0.15, 0.2) is 48.5 Å². The van der Waals surface area contributed by atoms with Crippen molar-refractivity contribution in [1.29, 1.82) is 0 Å². The molecule has 1 amide bonds. The Labute approximate surface area is 245 Å². The lowest BCUT2D eigenvalue weighted by Crippen LogP contribution is -2.46.